The topological polar surface area (TPSA) is 35.2 Å². The summed E-state index contributed by atoms with van der Waals surface area (Å²) in [5.41, 5.74) is 6.14. The third kappa shape index (κ3) is 5.95. The van der Waals surface area contributed by atoms with E-state index in [1.54, 1.807) is 50.0 Å². The Balaban J connectivity index is 0.00000324. The molecular weight excluding hydrogens is 295 g/mol. The van der Waals surface area contributed by atoms with Gasteiger partial charge in [-0.05, 0) is 25.2 Å². The van der Waals surface area contributed by atoms with Crippen molar-refractivity contribution >= 4 is 20.7 Å². The minimum atomic E-state index is -4.46. The third-order valence-corrected chi connectivity index (χ3v) is 3.27. The number of rotatable bonds is 4. The second-order valence-electron chi connectivity index (χ2n) is 5.13. The van der Waals surface area contributed by atoms with Gasteiger partial charge in [0.15, 0.2) is 14.4 Å². The van der Waals surface area contributed by atoms with E-state index >= 15 is 0 Å². The lowest BCUT2D eigenvalue weighted by Crippen LogP contribution is -2.47. The van der Waals surface area contributed by atoms with E-state index < -0.39 is 26.6 Å². The van der Waals surface area contributed by atoms with Gasteiger partial charge < -0.3 is 10.2 Å². The summed E-state index contributed by atoms with van der Waals surface area (Å²) in [6.45, 7) is 5.14. The van der Waals surface area contributed by atoms with Crippen LogP contribution < -0.4 is 5.73 Å². The van der Waals surface area contributed by atoms with Crippen LogP contribution in [0, 0.1) is 0 Å². The van der Waals surface area contributed by atoms with Gasteiger partial charge in [-0.3, -0.25) is 0 Å². The molecule has 0 fully saturated rings. The Bertz CT molecular complexity index is 381. The molecule has 0 spiro atoms. The molecule has 0 heterocycles. The van der Waals surface area contributed by atoms with Crippen LogP contribution in [0.15, 0.2) is 30.3 Å². The molecule has 0 saturated heterocycles. The van der Waals surface area contributed by atoms with Crippen molar-refractivity contribution in [3.05, 3.63) is 35.9 Å². The van der Waals surface area contributed by atoms with E-state index in [0.717, 1.165) is 0 Å². The molecule has 2 unspecified atom stereocenters. The normalized spacial score (nSPS) is 15.5. The van der Waals surface area contributed by atoms with Gasteiger partial charge in [0, 0.05) is 0 Å². The SMILES string of the molecule is C[Si](C)(C)OC(C(N)c1ccccc1)C(F)(F)F.Cl. The monoisotopic (exact) mass is 313 g/mol. The maximum atomic E-state index is 13.0. The quantitative estimate of drug-likeness (QED) is 0.856. The summed E-state index contributed by atoms with van der Waals surface area (Å²) in [5, 5.41) is 0. The molecule has 0 saturated carbocycles. The zero-order valence-corrected chi connectivity index (χ0v) is 12.9. The van der Waals surface area contributed by atoms with Crippen LogP contribution in [0.3, 0.4) is 0 Å². The first kappa shape index (κ1) is 18.4. The summed E-state index contributed by atoms with van der Waals surface area (Å²) in [6, 6.07) is 7.03. The molecule has 0 aromatic heterocycles. The summed E-state index contributed by atoms with van der Waals surface area (Å²) in [5.74, 6) is 0. The molecule has 1 aromatic rings. The van der Waals surface area contributed by atoms with E-state index in [4.69, 9.17) is 10.2 Å². The lowest BCUT2D eigenvalue weighted by atomic mass is 10.0. The first-order valence-electron chi connectivity index (χ1n) is 5.66. The number of nitrogens with two attached hydrogens (primary N) is 1. The van der Waals surface area contributed by atoms with E-state index in [2.05, 4.69) is 0 Å². The van der Waals surface area contributed by atoms with E-state index in [-0.39, 0.29) is 12.4 Å². The Kier molecular flexibility index (Phi) is 6.54. The average Bonchev–Trinajstić information content (AvgIpc) is 2.24. The van der Waals surface area contributed by atoms with Crippen molar-refractivity contribution in [3.8, 4) is 0 Å². The smallest absolute Gasteiger partial charge is 0.405 e. The van der Waals surface area contributed by atoms with Crippen LogP contribution >= 0.6 is 12.4 Å². The molecule has 0 bridgehead atoms. The molecule has 0 aliphatic heterocycles. The summed E-state index contributed by atoms with van der Waals surface area (Å²) >= 11 is 0. The molecule has 1 aromatic carbocycles. The molecule has 0 amide bonds. The second kappa shape index (κ2) is 6.74. The van der Waals surface area contributed by atoms with E-state index in [1.807, 2.05) is 0 Å². The van der Waals surface area contributed by atoms with Crippen LogP contribution in [-0.4, -0.2) is 20.6 Å². The Morgan fingerprint density at radius 2 is 1.58 bits per heavy atom. The van der Waals surface area contributed by atoms with Gasteiger partial charge in [0.05, 0.1) is 6.04 Å². The van der Waals surface area contributed by atoms with E-state index in [0.29, 0.717) is 5.56 Å². The van der Waals surface area contributed by atoms with Crippen molar-refractivity contribution in [2.45, 2.75) is 38.0 Å². The van der Waals surface area contributed by atoms with Gasteiger partial charge in [-0.1, -0.05) is 30.3 Å². The summed E-state index contributed by atoms with van der Waals surface area (Å²) in [6.07, 6.45) is -6.42. The summed E-state index contributed by atoms with van der Waals surface area (Å²) in [7, 11) is -2.33. The van der Waals surface area contributed by atoms with E-state index in [1.165, 1.54) is 0 Å². The standard InChI is InChI=1S/C12H18F3NOSi.ClH/c1-18(2,3)17-11(12(13,14)15)10(16)9-7-5-4-6-8-9;/h4-8,10-11H,16H2,1-3H3;1H. The van der Waals surface area contributed by atoms with Crippen molar-refractivity contribution in [2.24, 2.45) is 5.73 Å². The summed E-state index contributed by atoms with van der Waals surface area (Å²) < 4.78 is 44.2. The summed E-state index contributed by atoms with van der Waals surface area (Å²) in [4.78, 5) is 0. The van der Waals surface area contributed by atoms with Gasteiger partial charge in [0.2, 0.25) is 0 Å². The van der Waals surface area contributed by atoms with Crippen molar-refractivity contribution in [1.82, 2.24) is 0 Å². The number of hydrogen-bond acceptors (Lipinski definition) is 2. The largest absolute Gasteiger partial charge is 0.415 e. The molecule has 0 aliphatic rings. The van der Waals surface area contributed by atoms with Gasteiger partial charge >= 0.3 is 6.18 Å². The number of halogens is 4. The number of hydrogen-bond donors (Lipinski definition) is 1. The van der Waals surface area contributed by atoms with Gasteiger partial charge in [-0.25, -0.2) is 0 Å². The average molecular weight is 314 g/mol. The molecule has 19 heavy (non-hydrogen) atoms. The van der Waals surface area contributed by atoms with Crippen LogP contribution in [-0.2, 0) is 4.43 Å². The van der Waals surface area contributed by atoms with E-state index in [9.17, 15) is 13.2 Å². The molecule has 110 valence electrons. The van der Waals surface area contributed by atoms with Crippen LogP contribution in [0.4, 0.5) is 13.2 Å². The Hall–Kier alpha value is -0.563. The highest BCUT2D eigenvalue weighted by Crippen LogP contribution is 2.33. The van der Waals surface area contributed by atoms with Crippen LogP contribution in [0.2, 0.25) is 19.6 Å². The number of benzene rings is 1. The van der Waals surface area contributed by atoms with Gasteiger partial charge in [-0.15, -0.1) is 12.4 Å². The molecule has 1 rings (SSSR count). The van der Waals surface area contributed by atoms with Crippen LogP contribution in [0.1, 0.15) is 11.6 Å². The maximum absolute atomic E-state index is 13.0. The van der Waals surface area contributed by atoms with Crippen LogP contribution in [0.5, 0.6) is 0 Å². The molecule has 2 nitrogen and oxygen atoms in total. The Labute approximate surface area is 118 Å². The first-order chi connectivity index (χ1) is 8.11. The fourth-order valence-electron chi connectivity index (χ4n) is 1.57. The van der Waals surface area contributed by atoms with Crippen molar-refractivity contribution < 1.29 is 17.6 Å². The highest BCUT2D eigenvalue weighted by molar-refractivity contribution is 6.69. The lowest BCUT2D eigenvalue weighted by molar-refractivity contribution is -0.204. The molecule has 0 aliphatic carbocycles. The zero-order valence-electron chi connectivity index (χ0n) is 11.1. The maximum Gasteiger partial charge on any atom is 0.415 e. The molecular formula is C12H19ClF3NOSi. The minimum Gasteiger partial charge on any atom is -0.405 e. The van der Waals surface area contributed by atoms with Gasteiger partial charge in [0.25, 0.3) is 0 Å². The molecule has 0 radical (unpaired) electrons. The minimum absolute atomic E-state index is 0. The third-order valence-electron chi connectivity index (χ3n) is 2.31. The predicted molar refractivity (Wildman–Crippen MR) is 74.9 cm³/mol. The predicted octanol–water partition coefficient (Wildman–Crippen LogP) is 3.89. The van der Waals surface area contributed by atoms with Crippen LogP contribution in [0.25, 0.3) is 0 Å². The zero-order chi connectivity index (χ0) is 14.0. The highest BCUT2D eigenvalue weighted by atomic mass is 35.5. The van der Waals surface area contributed by atoms with Gasteiger partial charge in [0.1, 0.15) is 0 Å². The van der Waals surface area contributed by atoms with Crippen molar-refractivity contribution in [2.75, 3.05) is 0 Å². The molecule has 2 atom stereocenters. The second-order valence-corrected chi connectivity index (χ2v) is 9.59. The molecule has 2 N–H and O–H groups in total. The van der Waals surface area contributed by atoms with Crippen molar-refractivity contribution in [1.29, 1.82) is 0 Å². The molecule has 7 heteroatoms. The van der Waals surface area contributed by atoms with Gasteiger partial charge in [-0.2, -0.15) is 13.2 Å². The fraction of sp³-hybridized carbons (Fsp3) is 0.500. The lowest BCUT2D eigenvalue weighted by Gasteiger charge is -2.32. The number of alkyl halides is 3. The van der Waals surface area contributed by atoms with Crippen molar-refractivity contribution in [3.63, 3.8) is 0 Å². The first-order valence-corrected chi connectivity index (χ1v) is 9.07. The Morgan fingerprint density at radius 3 is 1.95 bits per heavy atom. The highest BCUT2D eigenvalue weighted by Gasteiger charge is 2.46. The Morgan fingerprint density at radius 1 is 1.11 bits per heavy atom. The fourth-order valence-corrected chi connectivity index (χ4v) is 2.62.